The molecule has 3 nitrogen and oxygen atoms in total. The van der Waals surface area contributed by atoms with Gasteiger partial charge in [-0.25, -0.2) is 0 Å². The van der Waals surface area contributed by atoms with Crippen molar-refractivity contribution < 1.29 is 9.84 Å². The monoisotopic (exact) mass is 181 g/mol. The summed E-state index contributed by atoms with van der Waals surface area (Å²) in [7, 11) is 1.63. The first kappa shape index (κ1) is 9.99. The van der Waals surface area contributed by atoms with E-state index in [4.69, 9.17) is 9.84 Å². The number of hydrogen-bond acceptors (Lipinski definition) is 3. The molecule has 0 spiro atoms. The van der Waals surface area contributed by atoms with Crippen molar-refractivity contribution in [2.24, 2.45) is 0 Å². The SMILES string of the molecule is COc1cccnc1CCC(C)O. The Morgan fingerprint density at radius 2 is 2.38 bits per heavy atom. The molecular weight excluding hydrogens is 166 g/mol. The van der Waals surface area contributed by atoms with Crippen molar-refractivity contribution in [2.45, 2.75) is 25.9 Å². The summed E-state index contributed by atoms with van der Waals surface area (Å²) in [5, 5.41) is 9.11. The molecule has 1 heterocycles. The Bertz CT molecular complexity index is 261. The number of aromatic nitrogens is 1. The van der Waals surface area contributed by atoms with E-state index in [1.807, 2.05) is 12.1 Å². The molecule has 1 rings (SSSR count). The Morgan fingerprint density at radius 3 is 3.00 bits per heavy atom. The van der Waals surface area contributed by atoms with Crippen molar-refractivity contribution in [1.82, 2.24) is 4.98 Å². The summed E-state index contributed by atoms with van der Waals surface area (Å²) in [4.78, 5) is 4.19. The lowest BCUT2D eigenvalue weighted by atomic mass is 10.1. The maximum Gasteiger partial charge on any atom is 0.140 e. The van der Waals surface area contributed by atoms with Gasteiger partial charge >= 0.3 is 0 Å². The fourth-order valence-corrected chi connectivity index (χ4v) is 1.14. The molecule has 0 fully saturated rings. The zero-order valence-electron chi connectivity index (χ0n) is 8.03. The zero-order valence-corrected chi connectivity index (χ0v) is 8.03. The van der Waals surface area contributed by atoms with Crippen LogP contribution in [0.15, 0.2) is 18.3 Å². The van der Waals surface area contributed by atoms with Crippen LogP contribution in [-0.4, -0.2) is 23.3 Å². The first-order chi connectivity index (χ1) is 6.24. The number of aliphatic hydroxyl groups is 1. The van der Waals surface area contributed by atoms with Crippen molar-refractivity contribution in [3.05, 3.63) is 24.0 Å². The van der Waals surface area contributed by atoms with Crippen molar-refractivity contribution >= 4 is 0 Å². The minimum atomic E-state index is -0.285. The van der Waals surface area contributed by atoms with E-state index in [9.17, 15) is 0 Å². The molecule has 0 aliphatic heterocycles. The quantitative estimate of drug-likeness (QED) is 0.763. The van der Waals surface area contributed by atoms with Crippen molar-refractivity contribution in [2.75, 3.05) is 7.11 Å². The molecule has 1 aromatic rings. The number of pyridine rings is 1. The number of aliphatic hydroxyl groups excluding tert-OH is 1. The van der Waals surface area contributed by atoms with E-state index in [0.29, 0.717) is 6.42 Å². The first-order valence-corrected chi connectivity index (χ1v) is 4.40. The van der Waals surface area contributed by atoms with Crippen LogP contribution in [-0.2, 0) is 6.42 Å². The Labute approximate surface area is 78.4 Å². The van der Waals surface area contributed by atoms with Crippen LogP contribution in [0.5, 0.6) is 5.75 Å². The second-order valence-electron chi connectivity index (χ2n) is 3.04. The third kappa shape index (κ3) is 3.03. The van der Waals surface area contributed by atoms with Gasteiger partial charge in [0.25, 0.3) is 0 Å². The highest BCUT2D eigenvalue weighted by molar-refractivity contribution is 5.26. The number of aryl methyl sites for hydroxylation is 1. The van der Waals surface area contributed by atoms with Crippen LogP contribution in [0.2, 0.25) is 0 Å². The van der Waals surface area contributed by atoms with Gasteiger partial charge in [-0.05, 0) is 31.9 Å². The predicted molar refractivity (Wildman–Crippen MR) is 50.8 cm³/mol. The minimum absolute atomic E-state index is 0.285. The van der Waals surface area contributed by atoms with Crippen LogP contribution >= 0.6 is 0 Å². The lowest BCUT2D eigenvalue weighted by molar-refractivity contribution is 0.184. The number of rotatable bonds is 4. The van der Waals surface area contributed by atoms with Crippen LogP contribution in [0.1, 0.15) is 19.0 Å². The maximum atomic E-state index is 9.11. The molecule has 1 atom stereocenters. The Hall–Kier alpha value is -1.09. The van der Waals surface area contributed by atoms with Crippen LogP contribution in [0.4, 0.5) is 0 Å². The van der Waals surface area contributed by atoms with Gasteiger partial charge in [-0.15, -0.1) is 0 Å². The van der Waals surface area contributed by atoms with E-state index in [2.05, 4.69) is 4.98 Å². The van der Waals surface area contributed by atoms with Gasteiger partial charge in [0, 0.05) is 6.20 Å². The van der Waals surface area contributed by atoms with E-state index in [0.717, 1.165) is 17.9 Å². The smallest absolute Gasteiger partial charge is 0.140 e. The molecule has 0 aliphatic carbocycles. The zero-order chi connectivity index (χ0) is 9.68. The highest BCUT2D eigenvalue weighted by atomic mass is 16.5. The summed E-state index contributed by atoms with van der Waals surface area (Å²) in [5.41, 5.74) is 0.908. The summed E-state index contributed by atoms with van der Waals surface area (Å²) in [6.45, 7) is 1.77. The normalized spacial score (nSPS) is 12.5. The average Bonchev–Trinajstić information content (AvgIpc) is 2.15. The highest BCUT2D eigenvalue weighted by Crippen LogP contribution is 2.16. The molecule has 0 radical (unpaired) electrons. The molecule has 0 saturated heterocycles. The predicted octanol–water partition coefficient (Wildman–Crippen LogP) is 1.40. The molecule has 1 aromatic heterocycles. The maximum absolute atomic E-state index is 9.11. The van der Waals surface area contributed by atoms with E-state index in [1.54, 1.807) is 20.2 Å². The molecule has 72 valence electrons. The fourth-order valence-electron chi connectivity index (χ4n) is 1.14. The van der Waals surface area contributed by atoms with Crippen LogP contribution < -0.4 is 4.74 Å². The minimum Gasteiger partial charge on any atom is -0.495 e. The average molecular weight is 181 g/mol. The third-order valence-electron chi connectivity index (χ3n) is 1.87. The number of methoxy groups -OCH3 is 1. The summed E-state index contributed by atoms with van der Waals surface area (Å²) in [5.74, 6) is 0.795. The van der Waals surface area contributed by atoms with E-state index in [-0.39, 0.29) is 6.10 Å². The number of ether oxygens (including phenoxy) is 1. The van der Waals surface area contributed by atoms with Crippen molar-refractivity contribution in [3.63, 3.8) is 0 Å². The third-order valence-corrected chi connectivity index (χ3v) is 1.87. The van der Waals surface area contributed by atoms with Crippen molar-refractivity contribution in [1.29, 1.82) is 0 Å². The molecule has 0 bridgehead atoms. The molecule has 1 unspecified atom stereocenters. The first-order valence-electron chi connectivity index (χ1n) is 4.40. The summed E-state index contributed by atoms with van der Waals surface area (Å²) in [6.07, 6.45) is 2.92. The standard InChI is InChI=1S/C10H15NO2/c1-8(12)5-6-9-10(13-2)4-3-7-11-9/h3-4,7-8,12H,5-6H2,1-2H3. The molecule has 0 amide bonds. The molecular formula is C10H15NO2. The highest BCUT2D eigenvalue weighted by Gasteiger charge is 2.04. The molecule has 0 aliphatic rings. The summed E-state index contributed by atoms with van der Waals surface area (Å²) in [6, 6.07) is 3.72. The summed E-state index contributed by atoms with van der Waals surface area (Å²) >= 11 is 0. The lowest BCUT2D eigenvalue weighted by Crippen LogP contribution is -2.03. The van der Waals surface area contributed by atoms with E-state index >= 15 is 0 Å². The van der Waals surface area contributed by atoms with E-state index < -0.39 is 0 Å². The lowest BCUT2D eigenvalue weighted by Gasteiger charge is -2.07. The van der Waals surface area contributed by atoms with Gasteiger partial charge in [-0.3, -0.25) is 4.98 Å². The second-order valence-corrected chi connectivity index (χ2v) is 3.04. The largest absolute Gasteiger partial charge is 0.495 e. The van der Waals surface area contributed by atoms with Gasteiger partial charge in [0.15, 0.2) is 0 Å². The topological polar surface area (TPSA) is 42.4 Å². The Morgan fingerprint density at radius 1 is 1.62 bits per heavy atom. The van der Waals surface area contributed by atoms with Gasteiger partial charge in [0.1, 0.15) is 5.75 Å². The van der Waals surface area contributed by atoms with Crippen LogP contribution in [0, 0.1) is 0 Å². The number of nitrogens with zero attached hydrogens (tertiary/aromatic N) is 1. The van der Waals surface area contributed by atoms with Crippen molar-refractivity contribution in [3.8, 4) is 5.75 Å². The summed E-state index contributed by atoms with van der Waals surface area (Å²) < 4.78 is 5.13. The van der Waals surface area contributed by atoms with Gasteiger partial charge in [-0.1, -0.05) is 0 Å². The molecule has 1 N–H and O–H groups in total. The van der Waals surface area contributed by atoms with E-state index in [1.165, 1.54) is 0 Å². The number of hydrogen-bond donors (Lipinski definition) is 1. The Balaban J connectivity index is 2.64. The second kappa shape index (κ2) is 4.82. The van der Waals surface area contributed by atoms with Gasteiger partial charge < -0.3 is 9.84 Å². The molecule has 0 aromatic carbocycles. The van der Waals surface area contributed by atoms with Crippen LogP contribution in [0.25, 0.3) is 0 Å². The fraction of sp³-hybridized carbons (Fsp3) is 0.500. The van der Waals surface area contributed by atoms with Crippen LogP contribution in [0.3, 0.4) is 0 Å². The van der Waals surface area contributed by atoms with Gasteiger partial charge in [-0.2, -0.15) is 0 Å². The van der Waals surface area contributed by atoms with Gasteiger partial charge in [0.2, 0.25) is 0 Å². The molecule has 13 heavy (non-hydrogen) atoms. The van der Waals surface area contributed by atoms with Gasteiger partial charge in [0.05, 0.1) is 18.9 Å². The molecule has 3 heteroatoms. The Kier molecular flexibility index (Phi) is 3.71. The molecule has 0 saturated carbocycles.